The van der Waals surface area contributed by atoms with Gasteiger partial charge in [0, 0.05) is 0 Å². The number of halogens is 7. The Morgan fingerprint density at radius 2 is 1.51 bits per heavy atom. The van der Waals surface area contributed by atoms with Crippen LogP contribution >= 0.6 is 0 Å². The van der Waals surface area contributed by atoms with E-state index in [9.17, 15) is 26.7 Å². The van der Waals surface area contributed by atoms with Crippen molar-refractivity contribution in [1.82, 2.24) is 0 Å². The number of benzene rings is 3. The summed E-state index contributed by atoms with van der Waals surface area (Å²) in [6, 6.07) is 15.2. The Hall–Kier alpha value is -3.63. The van der Waals surface area contributed by atoms with Crippen LogP contribution in [0.2, 0.25) is 0 Å². The molecule has 2 atom stereocenters. The van der Waals surface area contributed by atoms with Crippen molar-refractivity contribution in [3.8, 4) is 0 Å². The minimum absolute atomic E-state index is 0.0560. The van der Waals surface area contributed by atoms with Crippen molar-refractivity contribution < 1.29 is 40.3 Å². The molecule has 35 heavy (non-hydrogen) atoms. The third kappa shape index (κ3) is 3.98. The van der Waals surface area contributed by atoms with Crippen LogP contribution in [0.1, 0.15) is 11.6 Å². The number of hydrogen-bond acceptors (Lipinski definition) is 4. The van der Waals surface area contributed by atoms with Crippen LogP contribution in [0.4, 0.5) is 42.1 Å². The number of nitrogens with zero attached hydrogens (tertiary/aromatic N) is 1. The number of carbonyl (C=O) groups is 1. The van der Waals surface area contributed by atoms with Crippen LogP contribution in [-0.4, -0.2) is 36.8 Å². The Morgan fingerprint density at radius 3 is 2.20 bits per heavy atom. The van der Waals surface area contributed by atoms with Gasteiger partial charge in [0.2, 0.25) is 0 Å². The molecule has 0 aromatic heterocycles. The van der Waals surface area contributed by atoms with Crippen LogP contribution in [0.3, 0.4) is 0 Å². The zero-order chi connectivity index (χ0) is 25.6. The van der Waals surface area contributed by atoms with E-state index >= 15 is 8.78 Å². The molecule has 3 aromatic carbocycles. The molecule has 4 rings (SSSR count). The summed E-state index contributed by atoms with van der Waals surface area (Å²) in [4.78, 5) is 16.3. The van der Waals surface area contributed by atoms with Gasteiger partial charge in [0.05, 0.1) is 24.5 Å². The molecule has 0 fully saturated rings. The summed E-state index contributed by atoms with van der Waals surface area (Å²) >= 11 is 0. The van der Waals surface area contributed by atoms with Crippen LogP contribution < -0.4 is 5.32 Å². The highest BCUT2D eigenvalue weighted by molar-refractivity contribution is 6.10. The largest absolute Gasteiger partial charge is 0.468 e. The average Bonchev–Trinajstić information content (AvgIpc) is 3.00. The van der Waals surface area contributed by atoms with E-state index in [-0.39, 0.29) is 16.9 Å². The normalized spacial score (nSPS) is 18.8. The quantitative estimate of drug-likeness (QED) is 0.322. The van der Waals surface area contributed by atoms with E-state index in [1.807, 2.05) is 0 Å². The van der Waals surface area contributed by atoms with E-state index < -0.39 is 41.7 Å². The van der Waals surface area contributed by atoms with Gasteiger partial charge in [-0.05, 0) is 28.5 Å². The molecule has 0 amide bonds. The van der Waals surface area contributed by atoms with Gasteiger partial charge < -0.3 is 10.1 Å². The SMILES string of the molecule is COC(=O)[C@@H]1C(C(F)(F)C(F)(F)C(F)(F)F)=Nc2ccccc2N[C@@H]1c1cccc2ccccc12. The smallest absolute Gasteiger partial charge is 0.460 e. The summed E-state index contributed by atoms with van der Waals surface area (Å²) in [5.74, 6) is -16.2. The van der Waals surface area contributed by atoms with Crippen LogP contribution in [0.25, 0.3) is 10.8 Å². The number of ether oxygens (including phenoxy) is 1. The maximum absolute atomic E-state index is 15.2. The second-order valence-corrected chi connectivity index (χ2v) is 7.85. The lowest BCUT2D eigenvalue weighted by molar-refractivity contribution is -0.337. The summed E-state index contributed by atoms with van der Waals surface area (Å²) < 4.78 is 103. The first-order chi connectivity index (χ1) is 16.4. The van der Waals surface area contributed by atoms with E-state index in [0.717, 1.165) is 13.2 Å². The zero-order valence-electron chi connectivity index (χ0n) is 17.9. The van der Waals surface area contributed by atoms with E-state index in [0.29, 0.717) is 10.8 Å². The molecule has 0 saturated carbocycles. The molecule has 0 aliphatic carbocycles. The van der Waals surface area contributed by atoms with Gasteiger partial charge in [-0.25, -0.2) is 4.99 Å². The van der Waals surface area contributed by atoms with Gasteiger partial charge >= 0.3 is 24.0 Å². The van der Waals surface area contributed by atoms with Crippen molar-refractivity contribution in [3.05, 3.63) is 72.3 Å². The number of alkyl halides is 7. The van der Waals surface area contributed by atoms with Crippen molar-refractivity contribution in [2.24, 2.45) is 10.9 Å². The number of rotatable bonds is 4. The highest BCUT2D eigenvalue weighted by Gasteiger charge is 2.76. The van der Waals surface area contributed by atoms with Crippen LogP contribution in [0.15, 0.2) is 71.7 Å². The molecule has 0 saturated heterocycles. The first-order valence-corrected chi connectivity index (χ1v) is 10.2. The second-order valence-electron chi connectivity index (χ2n) is 7.85. The average molecular weight is 498 g/mol. The Labute approximate surface area is 194 Å². The molecule has 1 aliphatic rings. The summed E-state index contributed by atoms with van der Waals surface area (Å²) in [6.07, 6.45) is -6.62. The van der Waals surface area contributed by atoms with Gasteiger partial charge in [0.15, 0.2) is 0 Å². The second kappa shape index (κ2) is 8.54. The molecule has 11 heteroatoms. The highest BCUT2D eigenvalue weighted by Crippen LogP contribution is 2.51. The minimum atomic E-state index is -6.62. The van der Waals surface area contributed by atoms with Gasteiger partial charge in [0.25, 0.3) is 0 Å². The molecule has 1 heterocycles. The number of aliphatic imine (C=N–C) groups is 1. The van der Waals surface area contributed by atoms with Crippen LogP contribution in [0, 0.1) is 5.92 Å². The number of hydrogen-bond donors (Lipinski definition) is 1. The number of methoxy groups -OCH3 is 1. The molecule has 0 unspecified atom stereocenters. The maximum atomic E-state index is 15.2. The van der Waals surface area contributed by atoms with E-state index in [4.69, 9.17) is 0 Å². The number of anilines is 1. The Bertz CT molecular complexity index is 1300. The summed E-state index contributed by atoms with van der Waals surface area (Å²) in [5, 5.41) is 3.94. The maximum Gasteiger partial charge on any atom is 0.460 e. The lowest BCUT2D eigenvalue weighted by Gasteiger charge is -2.34. The monoisotopic (exact) mass is 498 g/mol. The molecule has 4 nitrogen and oxygen atoms in total. The number of carbonyl (C=O) groups excluding carboxylic acids is 1. The molecule has 0 spiro atoms. The molecule has 1 N–H and O–H groups in total. The molecular formula is C24H17F7N2O2. The Kier molecular flexibility index (Phi) is 5.98. The predicted molar refractivity (Wildman–Crippen MR) is 115 cm³/mol. The van der Waals surface area contributed by atoms with Crippen molar-refractivity contribution in [2.45, 2.75) is 24.1 Å². The van der Waals surface area contributed by atoms with Gasteiger partial charge in [-0.15, -0.1) is 0 Å². The molecule has 3 aromatic rings. The summed E-state index contributed by atoms with van der Waals surface area (Å²) in [5.41, 5.74) is -2.03. The fourth-order valence-electron chi connectivity index (χ4n) is 4.06. The van der Waals surface area contributed by atoms with E-state index in [1.54, 1.807) is 36.4 Å². The molecule has 1 aliphatic heterocycles. The number of para-hydroxylation sites is 2. The third-order valence-corrected chi connectivity index (χ3v) is 5.77. The standard InChI is InChI=1S/C24H17F7N2O2/c1-35-21(34)18-19(15-10-6-8-13-7-2-3-9-14(13)15)32-16-11-4-5-12-17(16)33-20(18)22(25,26)23(27,28)24(29,30)31/h2-12,18-19,32H,1H3/t18-,19+/m0/s1. The molecule has 0 bridgehead atoms. The zero-order valence-corrected chi connectivity index (χ0v) is 17.9. The first kappa shape index (κ1) is 24.5. The summed E-state index contributed by atoms with van der Waals surface area (Å²) in [7, 11) is 0.818. The number of nitrogens with one attached hydrogen (secondary N) is 1. The van der Waals surface area contributed by atoms with Gasteiger partial charge in [0.1, 0.15) is 11.6 Å². The number of esters is 1. The van der Waals surface area contributed by atoms with Crippen LogP contribution in [0.5, 0.6) is 0 Å². The molecule has 0 radical (unpaired) electrons. The number of fused-ring (bicyclic) bond motifs is 2. The minimum Gasteiger partial charge on any atom is -0.468 e. The first-order valence-electron chi connectivity index (χ1n) is 10.2. The van der Waals surface area contributed by atoms with Crippen molar-refractivity contribution in [2.75, 3.05) is 12.4 Å². The van der Waals surface area contributed by atoms with Crippen molar-refractivity contribution in [3.63, 3.8) is 0 Å². The Balaban J connectivity index is 2.04. The summed E-state index contributed by atoms with van der Waals surface area (Å²) in [6.45, 7) is 0. The van der Waals surface area contributed by atoms with Crippen molar-refractivity contribution in [1.29, 1.82) is 0 Å². The lowest BCUT2D eigenvalue weighted by Crippen LogP contribution is -2.59. The Morgan fingerprint density at radius 1 is 0.886 bits per heavy atom. The lowest BCUT2D eigenvalue weighted by atomic mass is 9.83. The highest BCUT2D eigenvalue weighted by atomic mass is 19.4. The van der Waals surface area contributed by atoms with Crippen LogP contribution in [-0.2, 0) is 9.53 Å². The van der Waals surface area contributed by atoms with Gasteiger partial charge in [-0.3, -0.25) is 4.79 Å². The molecular weight excluding hydrogens is 481 g/mol. The third-order valence-electron chi connectivity index (χ3n) is 5.77. The molecule has 184 valence electrons. The van der Waals surface area contributed by atoms with E-state index in [2.05, 4.69) is 15.0 Å². The van der Waals surface area contributed by atoms with E-state index in [1.165, 1.54) is 24.3 Å². The predicted octanol–water partition coefficient (Wildman–Crippen LogP) is 6.70. The fourth-order valence-corrected chi connectivity index (χ4v) is 4.06. The van der Waals surface area contributed by atoms with Gasteiger partial charge in [-0.2, -0.15) is 30.7 Å². The van der Waals surface area contributed by atoms with Gasteiger partial charge in [-0.1, -0.05) is 54.6 Å². The van der Waals surface area contributed by atoms with Crippen molar-refractivity contribution >= 4 is 33.8 Å². The fraction of sp³-hybridized carbons (Fsp3) is 0.250. The topological polar surface area (TPSA) is 50.7 Å².